The molecular weight excluding hydrogens is 403 g/mol. The van der Waals surface area contributed by atoms with Gasteiger partial charge in [0.1, 0.15) is 5.82 Å². The first-order chi connectivity index (χ1) is 14.3. The van der Waals surface area contributed by atoms with E-state index < -0.39 is 21.7 Å². The fourth-order valence-corrected chi connectivity index (χ4v) is 4.37. The molecule has 0 fully saturated rings. The Morgan fingerprint density at radius 2 is 1.67 bits per heavy atom. The van der Waals surface area contributed by atoms with Crippen molar-refractivity contribution < 1.29 is 17.6 Å². The van der Waals surface area contributed by atoms with Crippen LogP contribution in [0.15, 0.2) is 83.8 Å². The van der Waals surface area contributed by atoms with E-state index in [9.17, 15) is 17.6 Å². The van der Waals surface area contributed by atoms with Crippen molar-refractivity contribution in [2.24, 2.45) is 0 Å². The van der Waals surface area contributed by atoms with Crippen molar-refractivity contribution in [2.75, 3.05) is 18.4 Å². The van der Waals surface area contributed by atoms with Gasteiger partial charge in [0.15, 0.2) is 0 Å². The molecule has 0 radical (unpaired) electrons. The molecule has 0 aliphatic rings. The number of rotatable bonds is 8. The van der Waals surface area contributed by atoms with E-state index in [0.29, 0.717) is 6.42 Å². The Balaban J connectivity index is 1.80. The van der Waals surface area contributed by atoms with Gasteiger partial charge < -0.3 is 5.32 Å². The van der Waals surface area contributed by atoms with Gasteiger partial charge in [0, 0.05) is 12.2 Å². The number of halogens is 1. The first-order valence-corrected chi connectivity index (χ1v) is 10.9. The zero-order valence-electron chi connectivity index (χ0n) is 16.6. The molecule has 156 valence electrons. The van der Waals surface area contributed by atoms with Crippen molar-refractivity contribution in [1.82, 2.24) is 4.31 Å². The quantitative estimate of drug-likeness (QED) is 0.592. The summed E-state index contributed by atoms with van der Waals surface area (Å²) in [4.78, 5) is 12.7. The van der Waals surface area contributed by atoms with Crippen LogP contribution in [0.3, 0.4) is 0 Å². The van der Waals surface area contributed by atoms with Gasteiger partial charge in [0.2, 0.25) is 15.9 Å². The average molecular weight is 427 g/mol. The van der Waals surface area contributed by atoms with Gasteiger partial charge in [-0.3, -0.25) is 4.79 Å². The third kappa shape index (κ3) is 5.75. The summed E-state index contributed by atoms with van der Waals surface area (Å²) in [7, 11) is -3.89. The summed E-state index contributed by atoms with van der Waals surface area (Å²) in [6, 6.07) is 21.4. The monoisotopic (exact) mass is 426 g/mol. The molecule has 0 unspecified atom stereocenters. The molecule has 0 aliphatic heterocycles. The van der Waals surface area contributed by atoms with Crippen LogP contribution in [0.25, 0.3) is 0 Å². The van der Waals surface area contributed by atoms with Crippen LogP contribution in [0.1, 0.15) is 11.1 Å². The van der Waals surface area contributed by atoms with Gasteiger partial charge in [-0.05, 0) is 49.2 Å². The smallest absolute Gasteiger partial charge is 0.243 e. The number of amides is 1. The first-order valence-electron chi connectivity index (χ1n) is 9.51. The molecule has 0 aliphatic carbocycles. The van der Waals surface area contributed by atoms with Gasteiger partial charge in [-0.1, -0.05) is 54.1 Å². The Morgan fingerprint density at radius 3 is 2.33 bits per heavy atom. The number of aryl methyl sites for hydroxylation is 1. The van der Waals surface area contributed by atoms with Crippen LogP contribution < -0.4 is 5.32 Å². The molecule has 3 rings (SSSR count). The van der Waals surface area contributed by atoms with Gasteiger partial charge in [-0.25, -0.2) is 12.8 Å². The first kappa shape index (κ1) is 21.7. The van der Waals surface area contributed by atoms with E-state index in [1.807, 2.05) is 37.3 Å². The van der Waals surface area contributed by atoms with Crippen LogP contribution >= 0.6 is 0 Å². The van der Waals surface area contributed by atoms with Crippen LogP contribution in [0.5, 0.6) is 0 Å². The topological polar surface area (TPSA) is 66.5 Å². The molecule has 3 aromatic rings. The SMILES string of the molecule is Cc1ccc(S(=O)(=O)N(CCc2ccccc2)CC(=O)Nc2cccc(F)c2)cc1. The van der Waals surface area contributed by atoms with Crippen molar-refractivity contribution in [1.29, 1.82) is 0 Å². The normalized spacial score (nSPS) is 11.4. The van der Waals surface area contributed by atoms with Gasteiger partial charge in [-0.2, -0.15) is 4.31 Å². The van der Waals surface area contributed by atoms with Crippen molar-refractivity contribution in [3.05, 3.63) is 95.8 Å². The Hall–Kier alpha value is -3.03. The highest BCUT2D eigenvalue weighted by Crippen LogP contribution is 2.18. The molecule has 7 heteroatoms. The Labute approximate surface area is 176 Å². The summed E-state index contributed by atoms with van der Waals surface area (Å²) >= 11 is 0. The van der Waals surface area contributed by atoms with E-state index in [2.05, 4.69) is 5.32 Å². The number of hydrogen-bond acceptors (Lipinski definition) is 3. The maximum Gasteiger partial charge on any atom is 0.243 e. The molecule has 5 nitrogen and oxygen atoms in total. The highest BCUT2D eigenvalue weighted by molar-refractivity contribution is 7.89. The molecule has 0 bridgehead atoms. The third-order valence-corrected chi connectivity index (χ3v) is 6.44. The van der Waals surface area contributed by atoms with Gasteiger partial charge >= 0.3 is 0 Å². The summed E-state index contributed by atoms with van der Waals surface area (Å²) in [6.07, 6.45) is 0.458. The molecule has 0 spiro atoms. The van der Waals surface area contributed by atoms with Gasteiger partial charge in [-0.15, -0.1) is 0 Å². The van der Waals surface area contributed by atoms with E-state index in [0.717, 1.165) is 15.4 Å². The summed E-state index contributed by atoms with van der Waals surface area (Å²) in [5.74, 6) is -1.02. The lowest BCUT2D eigenvalue weighted by Gasteiger charge is -2.22. The number of nitrogens with one attached hydrogen (secondary N) is 1. The number of carbonyl (C=O) groups excluding carboxylic acids is 1. The number of sulfonamides is 1. The zero-order valence-corrected chi connectivity index (χ0v) is 17.4. The molecule has 3 aromatic carbocycles. The van der Waals surface area contributed by atoms with Crippen LogP contribution in [0, 0.1) is 12.7 Å². The molecule has 0 saturated heterocycles. The second-order valence-electron chi connectivity index (χ2n) is 6.95. The van der Waals surface area contributed by atoms with E-state index in [1.165, 1.54) is 30.3 Å². The average Bonchev–Trinajstić information content (AvgIpc) is 2.72. The van der Waals surface area contributed by atoms with E-state index in [-0.39, 0.29) is 23.7 Å². The summed E-state index contributed by atoms with van der Waals surface area (Å²) < 4.78 is 40.9. The minimum Gasteiger partial charge on any atom is -0.325 e. The van der Waals surface area contributed by atoms with Crippen molar-refractivity contribution in [3.8, 4) is 0 Å². The Morgan fingerprint density at radius 1 is 0.967 bits per heavy atom. The largest absolute Gasteiger partial charge is 0.325 e. The van der Waals surface area contributed by atoms with Crippen molar-refractivity contribution >= 4 is 21.6 Å². The molecule has 0 atom stereocenters. The second kappa shape index (κ2) is 9.65. The van der Waals surface area contributed by atoms with E-state index in [4.69, 9.17) is 0 Å². The molecule has 1 N–H and O–H groups in total. The number of carbonyl (C=O) groups is 1. The second-order valence-corrected chi connectivity index (χ2v) is 8.88. The minimum absolute atomic E-state index is 0.125. The van der Waals surface area contributed by atoms with Gasteiger partial charge in [0.25, 0.3) is 0 Å². The minimum atomic E-state index is -3.89. The van der Waals surface area contributed by atoms with Gasteiger partial charge in [0.05, 0.1) is 11.4 Å². The predicted molar refractivity (Wildman–Crippen MR) is 115 cm³/mol. The van der Waals surface area contributed by atoms with E-state index in [1.54, 1.807) is 18.2 Å². The standard InChI is InChI=1S/C23H23FN2O3S/c1-18-10-12-22(13-11-18)30(28,29)26(15-14-19-6-3-2-4-7-19)17-23(27)25-21-9-5-8-20(24)16-21/h2-13,16H,14-15,17H2,1H3,(H,25,27). The fourth-order valence-electron chi connectivity index (χ4n) is 2.97. The molecule has 1 amide bonds. The lowest BCUT2D eigenvalue weighted by molar-refractivity contribution is -0.116. The van der Waals surface area contributed by atoms with Crippen LogP contribution in [-0.2, 0) is 21.2 Å². The number of anilines is 1. The number of nitrogens with zero attached hydrogens (tertiary/aromatic N) is 1. The molecule has 0 heterocycles. The van der Waals surface area contributed by atoms with Crippen molar-refractivity contribution in [3.63, 3.8) is 0 Å². The summed E-state index contributed by atoms with van der Waals surface area (Å²) in [5, 5.41) is 2.56. The molecule has 0 aromatic heterocycles. The Bertz CT molecular complexity index is 1100. The Kier molecular flexibility index (Phi) is 6.97. The zero-order chi connectivity index (χ0) is 21.6. The summed E-state index contributed by atoms with van der Waals surface area (Å²) in [5.41, 5.74) is 2.18. The maximum atomic E-state index is 13.4. The lowest BCUT2D eigenvalue weighted by Crippen LogP contribution is -2.39. The van der Waals surface area contributed by atoms with Crippen LogP contribution in [0.2, 0.25) is 0 Å². The summed E-state index contributed by atoms with van der Waals surface area (Å²) in [6.45, 7) is 1.63. The van der Waals surface area contributed by atoms with Crippen molar-refractivity contribution in [2.45, 2.75) is 18.2 Å². The molecular formula is C23H23FN2O3S. The number of benzene rings is 3. The van der Waals surface area contributed by atoms with Crippen LogP contribution in [0.4, 0.5) is 10.1 Å². The molecule has 0 saturated carbocycles. The highest BCUT2D eigenvalue weighted by atomic mass is 32.2. The predicted octanol–water partition coefficient (Wildman–Crippen LogP) is 4.01. The van der Waals surface area contributed by atoms with Crippen LogP contribution in [-0.4, -0.2) is 31.7 Å². The highest BCUT2D eigenvalue weighted by Gasteiger charge is 2.26. The third-order valence-electron chi connectivity index (χ3n) is 4.58. The molecule has 30 heavy (non-hydrogen) atoms. The van der Waals surface area contributed by atoms with E-state index >= 15 is 0 Å². The lowest BCUT2D eigenvalue weighted by atomic mass is 10.1. The maximum absolute atomic E-state index is 13.4. The number of hydrogen-bond donors (Lipinski definition) is 1. The fraction of sp³-hybridized carbons (Fsp3) is 0.174.